The first-order chi connectivity index (χ1) is 26.9. The highest BCUT2D eigenvalue weighted by Crippen LogP contribution is 2.38. The molecule has 0 aliphatic rings. The Labute approximate surface area is 329 Å². The fraction of sp³-hybridized carbons (Fsp3) is 0.154. The van der Waals surface area contributed by atoms with E-state index in [9.17, 15) is 9.90 Å². The number of benzene rings is 7. The number of phenolic OH excluding ortho intramolecular Hbond substituents is 1. The lowest BCUT2D eigenvalue weighted by atomic mass is 9.90. The molecule has 278 valence electrons. The summed E-state index contributed by atoms with van der Waals surface area (Å²) >= 11 is 0. The highest BCUT2D eigenvalue weighted by Gasteiger charge is 2.18. The molecule has 4 heteroatoms. The number of aromatic nitrogens is 1. The van der Waals surface area contributed by atoms with Gasteiger partial charge < -0.3 is 9.52 Å². The second kappa shape index (κ2) is 15.7. The van der Waals surface area contributed by atoms with Gasteiger partial charge in [-0.05, 0) is 158 Å². The number of hydrogen-bond donors (Lipinski definition) is 1. The third kappa shape index (κ3) is 7.69. The second-order valence-corrected chi connectivity index (χ2v) is 15.0. The van der Waals surface area contributed by atoms with Gasteiger partial charge in [0.25, 0.3) is 0 Å². The van der Waals surface area contributed by atoms with E-state index in [0.29, 0.717) is 22.5 Å². The van der Waals surface area contributed by atoms with Crippen LogP contribution in [0, 0.1) is 55.4 Å². The molecule has 0 saturated heterocycles. The Kier molecular flexibility index (Phi) is 10.6. The normalized spacial score (nSPS) is 11.0. The largest absolute Gasteiger partial charge is 0.508 e. The summed E-state index contributed by atoms with van der Waals surface area (Å²) in [6.45, 7) is 16.9. The average Bonchev–Trinajstić information content (AvgIpc) is 3.14. The van der Waals surface area contributed by atoms with Gasteiger partial charge in [-0.25, -0.2) is 9.78 Å². The van der Waals surface area contributed by atoms with Crippen LogP contribution in [0.1, 0.15) is 44.5 Å². The minimum Gasteiger partial charge on any atom is -0.508 e. The maximum absolute atomic E-state index is 13.0. The van der Waals surface area contributed by atoms with Gasteiger partial charge in [-0.1, -0.05) is 114 Å². The summed E-state index contributed by atoms with van der Waals surface area (Å²) in [7, 11) is 0. The molecule has 8 rings (SSSR count). The van der Waals surface area contributed by atoms with Crippen molar-refractivity contribution in [1.82, 2.24) is 4.98 Å². The Hall–Kier alpha value is -6.52. The molecule has 7 aromatic carbocycles. The van der Waals surface area contributed by atoms with Gasteiger partial charge in [0.2, 0.25) is 0 Å². The number of rotatable bonds is 5. The first-order valence-electron chi connectivity index (χ1n) is 19.0. The zero-order valence-corrected chi connectivity index (χ0v) is 33.4. The number of phenols is 1. The Morgan fingerprint density at radius 2 is 0.929 bits per heavy atom. The number of hydrogen-bond acceptors (Lipinski definition) is 4. The molecule has 1 aromatic heterocycles. The van der Waals surface area contributed by atoms with Crippen molar-refractivity contribution in [3.63, 3.8) is 0 Å². The summed E-state index contributed by atoms with van der Waals surface area (Å²) in [5.74, 6) is 0.306. The number of aryl methyl sites for hydroxylation is 8. The van der Waals surface area contributed by atoms with Gasteiger partial charge in [-0.15, -0.1) is 0 Å². The fourth-order valence-corrected chi connectivity index (χ4v) is 8.19. The van der Waals surface area contributed by atoms with Gasteiger partial charge >= 0.3 is 5.63 Å². The maximum atomic E-state index is 13.0. The summed E-state index contributed by atoms with van der Waals surface area (Å²) in [6, 6.07) is 44.7. The van der Waals surface area contributed by atoms with Gasteiger partial charge in [0, 0.05) is 11.1 Å². The zero-order chi connectivity index (χ0) is 39.7. The highest BCUT2D eigenvalue weighted by atomic mass is 16.4. The average molecular weight is 734 g/mol. The monoisotopic (exact) mass is 733 g/mol. The highest BCUT2D eigenvalue weighted by molar-refractivity contribution is 5.96. The van der Waals surface area contributed by atoms with Crippen LogP contribution in [0.3, 0.4) is 0 Å². The molecule has 0 spiro atoms. The molecule has 0 bridgehead atoms. The third-order valence-electron chi connectivity index (χ3n) is 10.5. The van der Waals surface area contributed by atoms with Crippen LogP contribution in [0.25, 0.3) is 66.9 Å². The first-order valence-corrected chi connectivity index (χ1v) is 19.0. The predicted molar refractivity (Wildman–Crippen MR) is 233 cm³/mol. The smallest absolute Gasteiger partial charge is 0.363 e. The minimum atomic E-state index is -0.431. The van der Waals surface area contributed by atoms with Crippen LogP contribution in [-0.2, 0) is 0 Å². The molecular weight excluding hydrogens is 687 g/mol. The SMILES string of the molecule is Cc1cc(C)c(-c2cc(-c3ccccc3C)c3oc(=O)c(-c4ccccc4)nc3c2)c(C)c1.Cc1cc(C)c(-c2cc(O)cc(-c3ccccc3C)c2)c(C)c1. The summed E-state index contributed by atoms with van der Waals surface area (Å²) in [4.78, 5) is 17.8. The molecule has 0 atom stereocenters. The molecule has 0 radical (unpaired) electrons. The van der Waals surface area contributed by atoms with Gasteiger partial charge in [-0.3, -0.25) is 0 Å². The van der Waals surface area contributed by atoms with Crippen molar-refractivity contribution in [2.24, 2.45) is 0 Å². The van der Waals surface area contributed by atoms with E-state index in [1.165, 1.54) is 50.1 Å². The molecule has 0 aliphatic carbocycles. The van der Waals surface area contributed by atoms with Crippen LogP contribution in [0.4, 0.5) is 0 Å². The van der Waals surface area contributed by atoms with E-state index in [-0.39, 0.29) is 0 Å². The maximum Gasteiger partial charge on any atom is 0.363 e. The summed E-state index contributed by atoms with van der Waals surface area (Å²) < 4.78 is 5.94. The third-order valence-corrected chi connectivity index (χ3v) is 10.5. The lowest BCUT2D eigenvalue weighted by Crippen LogP contribution is -2.07. The number of fused-ring (bicyclic) bond motifs is 1. The molecule has 0 saturated carbocycles. The van der Waals surface area contributed by atoms with E-state index in [0.717, 1.165) is 44.5 Å². The van der Waals surface area contributed by atoms with Crippen LogP contribution < -0.4 is 5.63 Å². The number of aromatic hydroxyl groups is 1. The molecule has 1 heterocycles. The van der Waals surface area contributed by atoms with E-state index in [1.807, 2.05) is 72.8 Å². The molecule has 0 aliphatic heterocycles. The topological polar surface area (TPSA) is 63.3 Å². The molecule has 0 unspecified atom stereocenters. The van der Waals surface area contributed by atoms with Gasteiger partial charge in [0.15, 0.2) is 11.3 Å². The van der Waals surface area contributed by atoms with E-state index >= 15 is 0 Å². The molecular formula is C52H47NO3. The predicted octanol–water partition coefficient (Wildman–Crippen LogP) is 13.4. The minimum absolute atomic E-state index is 0.306. The van der Waals surface area contributed by atoms with Crippen molar-refractivity contribution in [3.8, 4) is 61.5 Å². The van der Waals surface area contributed by atoms with Crippen LogP contribution >= 0.6 is 0 Å². The molecule has 56 heavy (non-hydrogen) atoms. The van der Waals surface area contributed by atoms with E-state index < -0.39 is 5.63 Å². The zero-order valence-electron chi connectivity index (χ0n) is 33.4. The summed E-state index contributed by atoms with van der Waals surface area (Å²) in [6.07, 6.45) is 0. The van der Waals surface area contributed by atoms with Gasteiger partial charge in [0.1, 0.15) is 11.3 Å². The Bertz CT molecular complexity index is 2760. The van der Waals surface area contributed by atoms with E-state index in [1.54, 1.807) is 0 Å². The fourth-order valence-electron chi connectivity index (χ4n) is 8.19. The summed E-state index contributed by atoms with van der Waals surface area (Å²) in [5, 5.41) is 10.2. The van der Waals surface area contributed by atoms with Crippen LogP contribution in [0.2, 0.25) is 0 Å². The second-order valence-electron chi connectivity index (χ2n) is 15.0. The summed E-state index contributed by atoms with van der Waals surface area (Å²) in [5.41, 5.74) is 20.2. The lowest BCUT2D eigenvalue weighted by Gasteiger charge is -2.15. The van der Waals surface area contributed by atoms with Crippen molar-refractivity contribution >= 4 is 11.1 Å². The van der Waals surface area contributed by atoms with Gasteiger partial charge in [0.05, 0.1) is 0 Å². The Morgan fingerprint density at radius 1 is 0.446 bits per heavy atom. The van der Waals surface area contributed by atoms with Crippen molar-refractivity contribution in [1.29, 1.82) is 0 Å². The van der Waals surface area contributed by atoms with Crippen LogP contribution in [0.5, 0.6) is 5.75 Å². The molecule has 8 aromatic rings. The van der Waals surface area contributed by atoms with Crippen molar-refractivity contribution in [2.75, 3.05) is 0 Å². The Morgan fingerprint density at radius 3 is 1.48 bits per heavy atom. The van der Waals surface area contributed by atoms with E-state index in [2.05, 4.69) is 116 Å². The number of nitrogens with zero attached hydrogens (tertiary/aromatic N) is 1. The Balaban J connectivity index is 0.000000183. The molecule has 1 N–H and O–H groups in total. The standard InChI is InChI=1S/C30H25NO2.C22H22O/c1-18-14-20(3)27(21(4)15-18)23-16-25(24-13-9-8-10-19(24)2)29-26(17-23)31-28(30(32)33-29)22-11-6-5-7-12-22;1-14-9-16(3)22(17(4)10-14)19-11-18(12-20(23)13-19)21-8-6-5-7-15(21)2/h5-17H,1-4H3;5-13,23H,1-4H3. The molecule has 0 amide bonds. The van der Waals surface area contributed by atoms with Crippen molar-refractivity contribution < 1.29 is 9.52 Å². The molecule has 4 nitrogen and oxygen atoms in total. The van der Waals surface area contributed by atoms with Crippen molar-refractivity contribution in [2.45, 2.75) is 55.4 Å². The van der Waals surface area contributed by atoms with Gasteiger partial charge in [-0.2, -0.15) is 0 Å². The molecule has 0 fully saturated rings. The van der Waals surface area contributed by atoms with Crippen LogP contribution in [-0.4, -0.2) is 10.1 Å². The van der Waals surface area contributed by atoms with E-state index in [4.69, 9.17) is 9.40 Å². The van der Waals surface area contributed by atoms with Crippen LogP contribution in [0.15, 0.2) is 143 Å². The quantitative estimate of drug-likeness (QED) is 0.191. The lowest BCUT2D eigenvalue weighted by molar-refractivity contribution is 0.476. The first kappa shape index (κ1) is 37.8. The van der Waals surface area contributed by atoms with Crippen molar-refractivity contribution in [3.05, 3.63) is 188 Å².